The molecule has 7 nitrogen and oxygen atoms in total. The molecule has 0 fully saturated rings. The molecule has 0 radical (unpaired) electrons. The Balaban J connectivity index is 1.63. The van der Waals surface area contributed by atoms with Crippen molar-refractivity contribution in [1.82, 2.24) is 4.57 Å². The average Bonchev–Trinajstić information content (AvgIpc) is 2.61. The first-order chi connectivity index (χ1) is 12.0. The predicted octanol–water partition coefficient (Wildman–Crippen LogP) is 2.21. The first-order valence-corrected chi connectivity index (χ1v) is 8.27. The number of aryl methyl sites for hydroxylation is 1. The van der Waals surface area contributed by atoms with Gasteiger partial charge in [0.15, 0.2) is 0 Å². The lowest BCUT2D eigenvalue weighted by Crippen LogP contribution is -2.29. The Kier molecular flexibility index (Phi) is 5.25. The molecule has 1 aromatic carbocycles. The topological polar surface area (TPSA) is 94.6 Å². The maximum Gasteiger partial charge on any atom is 0.285 e. The van der Waals surface area contributed by atoms with Gasteiger partial charge in [-0.3, -0.25) is 14.9 Å². The molecule has 0 spiro atoms. The zero-order chi connectivity index (χ0) is 17.8. The van der Waals surface area contributed by atoms with Crippen LogP contribution in [0.4, 0.5) is 5.69 Å². The quantitative estimate of drug-likeness (QED) is 0.640. The van der Waals surface area contributed by atoms with Crippen molar-refractivity contribution >= 4 is 5.69 Å². The van der Waals surface area contributed by atoms with Gasteiger partial charge in [-0.2, -0.15) is 0 Å². The number of nitrogens with zero attached hydrogens (tertiary/aromatic N) is 2. The summed E-state index contributed by atoms with van der Waals surface area (Å²) in [6.07, 6.45) is 3.10. The fraction of sp³-hybridized carbons (Fsp3) is 0.389. The molecule has 1 aliphatic carbocycles. The van der Waals surface area contributed by atoms with Crippen LogP contribution in [0.25, 0.3) is 0 Å². The Bertz CT molecular complexity index is 817. The van der Waals surface area contributed by atoms with Gasteiger partial charge in [-0.25, -0.2) is 0 Å². The summed E-state index contributed by atoms with van der Waals surface area (Å²) in [6.45, 7) is 0.0169. The molecule has 25 heavy (non-hydrogen) atoms. The van der Waals surface area contributed by atoms with Gasteiger partial charge in [0.25, 0.3) is 11.2 Å². The summed E-state index contributed by atoms with van der Waals surface area (Å²) >= 11 is 0. The molecule has 0 unspecified atom stereocenters. The number of hydrogen-bond donors (Lipinski definition) is 1. The number of ether oxygens (including phenoxy) is 1. The minimum Gasteiger partial charge on any atom is -0.389 e. The summed E-state index contributed by atoms with van der Waals surface area (Å²) in [4.78, 5) is 22.0. The molecule has 1 N–H and O–H groups in total. The van der Waals surface area contributed by atoms with Crippen LogP contribution in [-0.4, -0.2) is 27.3 Å². The third-order valence-corrected chi connectivity index (χ3v) is 4.39. The van der Waals surface area contributed by atoms with E-state index < -0.39 is 16.6 Å². The highest BCUT2D eigenvalue weighted by Gasteiger charge is 2.21. The van der Waals surface area contributed by atoms with Crippen LogP contribution in [-0.2, 0) is 17.7 Å². The van der Waals surface area contributed by atoms with Crippen LogP contribution in [0.15, 0.2) is 47.4 Å². The fourth-order valence-corrected chi connectivity index (χ4v) is 3.16. The number of pyridine rings is 1. The lowest BCUT2D eigenvalue weighted by molar-refractivity contribution is -0.385. The van der Waals surface area contributed by atoms with Crippen molar-refractivity contribution in [3.8, 4) is 0 Å². The Morgan fingerprint density at radius 3 is 2.92 bits per heavy atom. The molecule has 0 saturated heterocycles. The molecule has 2 aromatic rings. The molecule has 132 valence electrons. The van der Waals surface area contributed by atoms with Crippen LogP contribution in [0.1, 0.15) is 30.1 Å². The predicted molar refractivity (Wildman–Crippen MR) is 91.4 cm³/mol. The smallest absolute Gasteiger partial charge is 0.285 e. The van der Waals surface area contributed by atoms with Gasteiger partial charge in [-0.15, -0.1) is 0 Å². The number of nitro groups is 1. The van der Waals surface area contributed by atoms with Gasteiger partial charge in [0.05, 0.1) is 36.5 Å². The summed E-state index contributed by atoms with van der Waals surface area (Å²) in [5.41, 5.74) is 1.83. The Hall–Kier alpha value is -2.51. The number of hydrogen-bond acceptors (Lipinski definition) is 5. The number of rotatable bonds is 6. The Labute approximate surface area is 144 Å². The third kappa shape index (κ3) is 4.12. The minimum absolute atomic E-state index is 0.0467. The van der Waals surface area contributed by atoms with E-state index >= 15 is 0 Å². The zero-order valence-electron chi connectivity index (χ0n) is 13.7. The lowest BCUT2D eigenvalue weighted by Gasteiger charge is -2.26. The fourth-order valence-electron chi connectivity index (χ4n) is 3.16. The van der Waals surface area contributed by atoms with Crippen LogP contribution in [0, 0.1) is 10.1 Å². The van der Waals surface area contributed by atoms with E-state index in [1.165, 1.54) is 5.56 Å². The molecule has 7 heteroatoms. The maximum absolute atomic E-state index is 11.8. The summed E-state index contributed by atoms with van der Waals surface area (Å²) in [6, 6.07) is 10.4. The first-order valence-electron chi connectivity index (χ1n) is 8.27. The van der Waals surface area contributed by atoms with E-state index in [4.69, 9.17) is 4.74 Å². The molecule has 0 aliphatic heterocycles. The summed E-state index contributed by atoms with van der Waals surface area (Å²) < 4.78 is 7.00. The monoisotopic (exact) mass is 344 g/mol. The van der Waals surface area contributed by atoms with E-state index in [0.29, 0.717) is 0 Å². The van der Waals surface area contributed by atoms with Crippen molar-refractivity contribution in [1.29, 1.82) is 0 Å². The molecule has 0 bridgehead atoms. The first kappa shape index (κ1) is 17.3. The highest BCUT2D eigenvalue weighted by Crippen LogP contribution is 2.32. The van der Waals surface area contributed by atoms with E-state index in [1.54, 1.807) is 0 Å². The van der Waals surface area contributed by atoms with Crippen molar-refractivity contribution in [2.24, 2.45) is 0 Å². The molecule has 2 atom stereocenters. The minimum atomic E-state index is -0.922. The summed E-state index contributed by atoms with van der Waals surface area (Å²) in [5, 5.41) is 21.0. The number of aliphatic hydroxyl groups is 1. The lowest BCUT2D eigenvalue weighted by atomic mass is 9.89. The van der Waals surface area contributed by atoms with Crippen LogP contribution in [0.2, 0.25) is 0 Å². The Morgan fingerprint density at radius 2 is 2.12 bits per heavy atom. The van der Waals surface area contributed by atoms with Gasteiger partial charge in [0.2, 0.25) is 0 Å². The van der Waals surface area contributed by atoms with Crippen LogP contribution in [0.5, 0.6) is 0 Å². The van der Waals surface area contributed by atoms with E-state index in [9.17, 15) is 20.0 Å². The molecule has 0 saturated carbocycles. The normalized spacial score (nSPS) is 17.7. The highest BCUT2D eigenvalue weighted by molar-refractivity contribution is 5.31. The molecule has 1 aromatic heterocycles. The van der Waals surface area contributed by atoms with Gasteiger partial charge < -0.3 is 14.4 Å². The second-order valence-corrected chi connectivity index (χ2v) is 6.20. The van der Waals surface area contributed by atoms with Crippen LogP contribution < -0.4 is 5.56 Å². The summed E-state index contributed by atoms with van der Waals surface area (Å²) in [5.74, 6) is 0. The van der Waals surface area contributed by atoms with Crippen LogP contribution >= 0.6 is 0 Å². The molecular formula is C18H20N2O5. The van der Waals surface area contributed by atoms with Gasteiger partial charge in [0.1, 0.15) is 0 Å². The van der Waals surface area contributed by atoms with Crippen LogP contribution in [0.3, 0.4) is 0 Å². The molecular weight excluding hydrogens is 324 g/mol. The second-order valence-electron chi connectivity index (χ2n) is 6.20. The average molecular weight is 344 g/mol. The van der Waals surface area contributed by atoms with E-state index in [0.717, 1.165) is 47.7 Å². The van der Waals surface area contributed by atoms with Crippen molar-refractivity contribution in [3.63, 3.8) is 0 Å². The number of aromatic nitrogens is 1. The third-order valence-electron chi connectivity index (χ3n) is 4.39. The second kappa shape index (κ2) is 7.58. The van der Waals surface area contributed by atoms with Gasteiger partial charge in [-0.05, 0) is 30.4 Å². The van der Waals surface area contributed by atoms with Crippen molar-refractivity contribution in [2.45, 2.75) is 38.0 Å². The maximum atomic E-state index is 11.8. The molecule has 0 amide bonds. The van der Waals surface area contributed by atoms with Crippen molar-refractivity contribution in [2.75, 3.05) is 6.61 Å². The highest BCUT2D eigenvalue weighted by atomic mass is 16.6. The van der Waals surface area contributed by atoms with E-state index in [-0.39, 0.29) is 24.9 Å². The standard InChI is InChI=1S/C18H20N2O5/c21-15(11-19-10-14(20(23)24)8-9-18(19)22)12-25-17-7-3-5-13-4-1-2-6-16(13)17/h1-2,4,6,8-10,15,17,21H,3,5,7,11-12H2/t15-,17-/m0/s1. The SMILES string of the molecule is O=c1ccc([N+](=O)[O-])cn1C[C@H](O)CO[C@H]1CCCc2ccccc21. The largest absolute Gasteiger partial charge is 0.389 e. The van der Waals surface area contributed by atoms with Gasteiger partial charge in [0, 0.05) is 12.1 Å². The number of benzene rings is 1. The zero-order valence-corrected chi connectivity index (χ0v) is 13.7. The van der Waals surface area contributed by atoms with Crippen molar-refractivity contribution < 1.29 is 14.8 Å². The Morgan fingerprint density at radius 1 is 1.32 bits per heavy atom. The molecule has 3 rings (SSSR count). The van der Waals surface area contributed by atoms with Crippen molar-refractivity contribution in [3.05, 3.63) is 74.2 Å². The van der Waals surface area contributed by atoms with E-state index in [2.05, 4.69) is 6.07 Å². The molecule has 1 aliphatic rings. The van der Waals surface area contributed by atoms with E-state index in [1.807, 2.05) is 18.2 Å². The summed E-state index contributed by atoms with van der Waals surface area (Å²) in [7, 11) is 0. The number of aliphatic hydroxyl groups excluding tert-OH is 1. The van der Waals surface area contributed by atoms with Gasteiger partial charge in [-0.1, -0.05) is 24.3 Å². The molecule has 1 heterocycles. The van der Waals surface area contributed by atoms with Gasteiger partial charge >= 0.3 is 0 Å². The number of fused-ring (bicyclic) bond motifs is 1.